The first kappa shape index (κ1) is 16.5. The van der Waals surface area contributed by atoms with E-state index in [1.54, 1.807) is 0 Å². The summed E-state index contributed by atoms with van der Waals surface area (Å²) in [6.45, 7) is 0.635. The molecule has 0 fully saturated rings. The van der Waals surface area contributed by atoms with Crippen molar-refractivity contribution in [3.05, 3.63) is 29.8 Å². The lowest BCUT2D eigenvalue weighted by Gasteiger charge is -2.09. The highest BCUT2D eigenvalue weighted by molar-refractivity contribution is 5.90. The Morgan fingerprint density at radius 2 is 1.85 bits per heavy atom. The summed E-state index contributed by atoms with van der Waals surface area (Å²) >= 11 is 0. The SMILES string of the molecule is NCCCCCCC(=O)Nc1cccc(C(F)(F)F)c1. The van der Waals surface area contributed by atoms with Gasteiger partial charge in [-0.05, 0) is 37.6 Å². The van der Waals surface area contributed by atoms with Crippen LogP contribution in [0.25, 0.3) is 0 Å². The van der Waals surface area contributed by atoms with Crippen LogP contribution in [0.4, 0.5) is 18.9 Å². The summed E-state index contributed by atoms with van der Waals surface area (Å²) < 4.78 is 37.5. The number of amides is 1. The lowest BCUT2D eigenvalue weighted by molar-refractivity contribution is -0.137. The number of carbonyl (C=O) groups excluding carboxylic acids is 1. The second-order valence-electron chi connectivity index (χ2n) is 4.58. The van der Waals surface area contributed by atoms with Crippen LogP contribution in [0.2, 0.25) is 0 Å². The second kappa shape index (κ2) is 7.89. The van der Waals surface area contributed by atoms with Gasteiger partial charge in [0.25, 0.3) is 0 Å². The number of carbonyl (C=O) groups is 1. The monoisotopic (exact) mass is 288 g/mol. The van der Waals surface area contributed by atoms with Crippen LogP contribution in [0.5, 0.6) is 0 Å². The maximum absolute atomic E-state index is 12.5. The molecule has 0 bridgehead atoms. The molecule has 0 aliphatic heterocycles. The van der Waals surface area contributed by atoms with Gasteiger partial charge in [-0.15, -0.1) is 0 Å². The molecule has 0 saturated heterocycles. The minimum Gasteiger partial charge on any atom is -0.330 e. The smallest absolute Gasteiger partial charge is 0.330 e. The van der Waals surface area contributed by atoms with Gasteiger partial charge in [-0.25, -0.2) is 0 Å². The number of unbranched alkanes of at least 4 members (excludes halogenated alkanes) is 3. The summed E-state index contributed by atoms with van der Waals surface area (Å²) in [6.07, 6.45) is -0.593. The van der Waals surface area contributed by atoms with E-state index in [1.807, 2.05) is 0 Å². The first-order valence-electron chi connectivity index (χ1n) is 6.60. The highest BCUT2D eigenvalue weighted by atomic mass is 19.4. The molecule has 0 unspecified atom stereocenters. The van der Waals surface area contributed by atoms with E-state index >= 15 is 0 Å². The minimum atomic E-state index is -4.40. The van der Waals surface area contributed by atoms with Crippen LogP contribution in [-0.4, -0.2) is 12.5 Å². The third-order valence-electron chi connectivity index (χ3n) is 2.83. The van der Waals surface area contributed by atoms with Gasteiger partial charge in [0.05, 0.1) is 5.56 Å². The number of hydrogen-bond donors (Lipinski definition) is 2. The fourth-order valence-electron chi connectivity index (χ4n) is 1.78. The summed E-state index contributed by atoms with van der Waals surface area (Å²) in [6, 6.07) is 4.63. The molecule has 0 aliphatic rings. The standard InChI is InChI=1S/C14H19F3N2O/c15-14(16,17)11-6-5-7-12(10-11)19-13(20)8-3-1-2-4-9-18/h5-7,10H,1-4,8-9,18H2,(H,19,20). The zero-order valence-corrected chi connectivity index (χ0v) is 11.2. The third-order valence-corrected chi connectivity index (χ3v) is 2.83. The Morgan fingerprint density at radius 1 is 1.15 bits per heavy atom. The van der Waals surface area contributed by atoms with Crippen molar-refractivity contribution in [2.45, 2.75) is 38.3 Å². The van der Waals surface area contributed by atoms with E-state index in [1.165, 1.54) is 12.1 Å². The number of nitrogens with two attached hydrogens (primary N) is 1. The average Bonchev–Trinajstić information content (AvgIpc) is 2.38. The van der Waals surface area contributed by atoms with Crippen molar-refractivity contribution >= 4 is 11.6 Å². The van der Waals surface area contributed by atoms with Gasteiger partial charge in [-0.1, -0.05) is 18.9 Å². The topological polar surface area (TPSA) is 55.1 Å². The Labute approximate surface area is 116 Å². The number of alkyl halides is 3. The highest BCUT2D eigenvalue weighted by Gasteiger charge is 2.30. The van der Waals surface area contributed by atoms with E-state index in [4.69, 9.17) is 5.73 Å². The van der Waals surface area contributed by atoms with Crippen LogP contribution in [0.1, 0.15) is 37.7 Å². The summed E-state index contributed by atoms with van der Waals surface area (Å²) in [5.41, 5.74) is 4.76. The van der Waals surface area contributed by atoms with Crippen molar-refractivity contribution in [1.82, 2.24) is 0 Å². The van der Waals surface area contributed by atoms with Crippen molar-refractivity contribution in [2.75, 3.05) is 11.9 Å². The molecule has 0 aliphatic carbocycles. The fourth-order valence-corrected chi connectivity index (χ4v) is 1.78. The summed E-state index contributed by atoms with van der Waals surface area (Å²) in [5, 5.41) is 2.48. The van der Waals surface area contributed by atoms with Crippen LogP contribution in [0.15, 0.2) is 24.3 Å². The number of anilines is 1. The Kier molecular flexibility index (Phi) is 6.51. The van der Waals surface area contributed by atoms with E-state index in [9.17, 15) is 18.0 Å². The number of rotatable bonds is 7. The molecule has 0 saturated carbocycles. The van der Waals surface area contributed by atoms with Gasteiger partial charge in [0.15, 0.2) is 0 Å². The number of nitrogens with one attached hydrogen (secondary N) is 1. The van der Waals surface area contributed by atoms with Gasteiger partial charge in [-0.2, -0.15) is 13.2 Å². The predicted molar refractivity (Wildman–Crippen MR) is 72.2 cm³/mol. The first-order chi connectivity index (χ1) is 9.43. The quantitative estimate of drug-likeness (QED) is 0.754. The van der Waals surface area contributed by atoms with Crippen LogP contribution < -0.4 is 11.1 Å². The highest BCUT2D eigenvalue weighted by Crippen LogP contribution is 2.30. The number of benzene rings is 1. The Balaban J connectivity index is 2.42. The molecule has 1 amide bonds. The van der Waals surface area contributed by atoms with Crippen LogP contribution in [-0.2, 0) is 11.0 Å². The average molecular weight is 288 g/mol. The Morgan fingerprint density at radius 3 is 2.50 bits per heavy atom. The first-order valence-corrected chi connectivity index (χ1v) is 6.60. The largest absolute Gasteiger partial charge is 0.416 e. The molecule has 6 heteroatoms. The van der Waals surface area contributed by atoms with E-state index in [0.29, 0.717) is 19.4 Å². The molecule has 0 heterocycles. The van der Waals surface area contributed by atoms with Crippen molar-refractivity contribution in [2.24, 2.45) is 5.73 Å². The molecule has 0 aromatic heterocycles. The normalized spacial score (nSPS) is 11.4. The summed E-state index contributed by atoms with van der Waals surface area (Å²) in [5.74, 6) is -0.267. The molecular weight excluding hydrogens is 269 g/mol. The minimum absolute atomic E-state index is 0.173. The molecule has 1 rings (SSSR count). The van der Waals surface area contributed by atoms with Gasteiger partial charge in [0, 0.05) is 12.1 Å². The van der Waals surface area contributed by atoms with Crippen molar-refractivity contribution in [3.8, 4) is 0 Å². The molecule has 3 N–H and O–H groups in total. The second-order valence-corrected chi connectivity index (χ2v) is 4.58. The molecule has 1 aromatic carbocycles. The molecule has 112 valence electrons. The molecule has 0 radical (unpaired) electrons. The van der Waals surface area contributed by atoms with Crippen molar-refractivity contribution in [1.29, 1.82) is 0 Å². The molecule has 1 aromatic rings. The predicted octanol–water partition coefficient (Wildman–Crippen LogP) is 3.55. The lowest BCUT2D eigenvalue weighted by Crippen LogP contribution is -2.12. The van der Waals surface area contributed by atoms with Crippen LogP contribution >= 0.6 is 0 Å². The zero-order chi connectivity index (χ0) is 15.0. The fraction of sp³-hybridized carbons (Fsp3) is 0.500. The maximum Gasteiger partial charge on any atom is 0.416 e. The molecule has 0 atom stereocenters. The van der Waals surface area contributed by atoms with Crippen LogP contribution in [0.3, 0.4) is 0 Å². The van der Waals surface area contributed by atoms with Gasteiger partial charge in [0.1, 0.15) is 0 Å². The van der Waals surface area contributed by atoms with Gasteiger partial charge in [-0.3, -0.25) is 4.79 Å². The number of hydrogen-bond acceptors (Lipinski definition) is 2. The maximum atomic E-state index is 12.5. The van der Waals surface area contributed by atoms with Crippen molar-refractivity contribution in [3.63, 3.8) is 0 Å². The lowest BCUT2D eigenvalue weighted by atomic mass is 10.1. The van der Waals surface area contributed by atoms with Gasteiger partial charge in [0.2, 0.25) is 5.91 Å². The Hall–Kier alpha value is -1.56. The molecule has 3 nitrogen and oxygen atoms in total. The molecular formula is C14H19F3N2O. The Bertz CT molecular complexity index is 433. The number of halogens is 3. The molecule has 20 heavy (non-hydrogen) atoms. The molecule has 0 spiro atoms. The van der Waals surface area contributed by atoms with Crippen LogP contribution in [0, 0.1) is 0 Å². The van der Waals surface area contributed by atoms with E-state index < -0.39 is 11.7 Å². The summed E-state index contributed by atoms with van der Waals surface area (Å²) in [4.78, 5) is 11.6. The van der Waals surface area contributed by atoms with E-state index in [0.717, 1.165) is 31.4 Å². The van der Waals surface area contributed by atoms with E-state index in [-0.39, 0.29) is 11.6 Å². The van der Waals surface area contributed by atoms with Crippen molar-refractivity contribution < 1.29 is 18.0 Å². The summed E-state index contributed by atoms with van der Waals surface area (Å²) in [7, 11) is 0. The zero-order valence-electron chi connectivity index (χ0n) is 11.2. The van der Waals surface area contributed by atoms with E-state index in [2.05, 4.69) is 5.32 Å². The van der Waals surface area contributed by atoms with Gasteiger partial charge >= 0.3 is 6.18 Å². The third kappa shape index (κ3) is 6.06. The van der Waals surface area contributed by atoms with Gasteiger partial charge < -0.3 is 11.1 Å².